The number of nitrogens with zero attached hydrogens (tertiary/aromatic N) is 2. The maximum Gasteiger partial charge on any atom is 0.160 e. The predicted molar refractivity (Wildman–Crippen MR) is 234 cm³/mol. The Labute approximate surface area is 331 Å². The van der Waals surface area contributed by atoms with Gasteiger partial charge < -0.3 is 4.42 Å². The van der Waals surface area contributed by atoms with Crippen molar-refractivity contribution in [3.8, 4) is 67.3 Å². The number of benzene rings is 8. The molecule has 3 heteroatoms. The van der Waals surface area contributed by atoms with E-state index in [4.69, 9.17) is 14.4 Å². The van der Waals surface area contributed by atoms with Crippen molar-refractivity contribution in [3.05, 3.63) is 217 Å². The van der Waals surface area contributed by atoms with Crippen molar-refractivity contribution in [2.45, 2.75) is 12.3 Å². The van der Waals surface area contributed by atoms with Gasteiger partial charge in [-0.1, -0.05) is 176 Å². The van der Waals surface area contributed by atoms with Crippen molar-refractivity contribution in [2.24, 2.45) is 0 Å². The maximum absolute atomic E-state index is 6.44. The van der Waals surface area contributed by atoms with Gasteiger partial charge in [-0.3, -0.25) is 0 Å². The van der Waals surface area contributed by atoms with Gasteiger partial charge in [-0.15, -0.1) is 0 Å². The molecule has 0 N–H and O–H groups in total. The largest absolute Gasteiger partial charge is 0.455 e. The highest BCUT2D eigenvalue weighted by Gasteiger charge is 2.42. The molecular formula is C54H36N2O. The maximum atomic E-state index is 6.44. The zero-order chi connectivity index (χ0) is 37.9. The minimum absolute atomic E-state index is 0.319. The van der Waals surface area contributed by atoms with Crippen LogP contribution in [0, 0.1) is 0 Å². The molecule has 0 radical (unpaired) electrons. The summed E-state index contributed by atoms with van der Waals surface area (Å²) < 4.78 is 6.44. The fraction of sp³-hybridized carbons (Fsp3) is 0.0370. The van der Waals surface area contributed by atoms with Crippen LogP contribution in [0.25, 0.3) is 89.2 Å². The van der Waals surface area contributed by atoms with Crippen LogP contribution in [0.3, 0.4) is 0 Å². The van der Waals surface area contributed by atoms with E-state index in [2.05, 4.69) is 177 Å². The quantitative estimate of drug-likeness (QED) is 0.171. The molecule has 1 unspecified atom stereocenters. The van der Waals surface area contributed by atoms with Crippen LogP contribution in [-0.2, 0) is 5.41 Å². The SMILES string of the molecule is CC1(c2ccccc2)c2ccccc2-c2cccc(-c3cccc(-c4cc(-c5cccc(-c6cccc7c6oc6ccccc67)c5)nc(-c5ccccc5)n4)c3)c21. The zero-order valence-corrected chi connectivity index (χ0v) is 31.4. The normalized spacial score (nSPS) is 14.5. The lowest BCUT2D eigenvalue weighted by molar-refractivity contribution is 0.670. The van der Waals surface area contributed by atoms with E-state index in [1.165, 1.54) is 33.4 Å². The number of rotatable bonds is 6. The van der Waals surface area contributed by atoms with Crippen molar-refractivity contribution in [3.63, 3.8) is 0 Å². The van der Waals surface area contributed by atoms with Crippen LogP contribution in [0.1, 0.15) is 23.6 Å². The van der Waals surface area contributed by atoms with Gasteiger partial charge in [0.2, 0.25) is 0 Å². The molecule has 0 bridgehead atoms. The molecule has 0 fully saturated rings. The second-order valence-electron chi connectivity index (χ2n) is 15.0. The van der Waals surface area contributed by atoms with Gasteiger partial charge in [0.15, 0.2) is 5.82 Å². The van der Waals surface area contributed by atoms with Crippen molar-refractivity contribution in [1.82, 2.24) is 9.97 Å². The van der Waals surface area contributed by atoms with Crippen LogP contribution in [0.2, 0.25) is 0 Å². The summed E-state index contributed by atoms with van der Waals surface area (Å²) in [5.41, 5.74) is 17.2. The first kappa shape index (κ1) is 33.0. The van der Waals surface area contributed by atoms with Crippen LogP contribution in [0.5, 0.6) is 0 Å². The standard InChI is InChI=1S/C54H36N2O/c1-54(40-22-6-3-7-23-40)47-30-10-8-24-43(47)45-28-14-26-41(51(45)54)36-18-12-20-38(32-36)48-34-49(56-53(55-48)35-16-4-2-5-17-35)39-21-13-19-37(33-39)42-27-15-29-46-44-25-9-11-31-50(44)57-52(42)46/h2-34H,1H3. The Hall–Kier alpha value is -7.36. The van der Waals surface area contributed by atoms with Gasteiger partial charge in [0.1, 0.15) is 11.2 Å². The van der Waals surface area contributed by atoms with Gasteiger partial charge in [-0.05, 0) is 75.7 Å². The molecule has 0 aliphatic heterocycles. The van der Waals surface area contributed by atoms with E-state index in [1.54, 1.807) is 0 Å². The lowest BCUT2D eigenvalue weighted by Gasteiger charge is -2.30. The third-order valence-corrected chi connectivity index (χ3v) is 11.8. The third kappa shape index (κ3) is 5.35. The average molecular weight is 729 g/mol. The summed E-state index contributed by atoms with van der Waals surface area (Å²) in [4.78, 5) is 10.4. The number of hydrogen-bond donors (Lipinski definition) is 0. The number of hydrogen-bond acceptors (Lipinski definition) is 3. The lowest BCUT2D eigenvalue weighted by atomic mass is 9.72. The van der Waals surface area contributed by atoms with E-state index in [0.717, 1.165) is 66.7 Å². The molecule has 11 rings (SSSR count). The Morgan fingerprint density at radius 3 is 1.70 bits per heavy atom. The minimum Gasteiger partial charge on any atom is -0.455 e. The second kappa shape index (κ2) is 13.1. The number of para-hydroxylation sites is 2. The van der Waals surface area contributed by atoms with E-state index in [9.17, 15) is 0 Å². The van der Waals surface area contributed by atoms with E-state index in [1.807, 2.05) is 30.3 Å². The monoisotopic (exact) mass is 728 g/mol. The Balaban J connectivity index is 1.06. The van der Waals surface area contributed by atoms with Crippen molar-refractivity contribution < 1.29 is 4.42 Å². The fourth-order valence-corrected chi connectivity index (χ4v) is 9.04. The summed E-state index contributed by atoms with van der Waals surface area (Å²) in [7, 11) is 0. The summed E-state index contributed by atoms with van der Waals surface area (Å²) in [6, 6.07) is 71.0. The van der Waals surface area contributed by atoms with E-state index in [-0.39, 0.29) is 5.41 Å². The van der Waals surface area contributed by atoms with Crippen molar-refractivity contribution in [1.29, 1.82) is 0 Å². The molecule has 1 atom stereocenters. The molecule has 1 aliphatic carbocycles. The van der Waals surface area contributed by atoms with Gasteiger partial charge >= 0.3 is 0 Å². The summed E-state index contributed by atoms with van der Waals surface area (Å²) in [6.45, 7) is 2.38. The highest BCUT2D eigenvalue weighted by molar-refractivity contribution is 6.09. The topological polar surface area (TPSA) is 38.9 Å². The highest BCUT2D eigenvalue weighted by atomic mass is 16.3. The first-order valence-electron chi connectivity index (χ1n) is 19.5. The molecule has 0 saturated carbocycles. The van der Waals surface area contributed by atoms with Crippen LogP contribution in [0.15, 0.2) is 205 Å². The van der Waals surface area contributed by atoms with Crippen LogP contribution in [-0.4, -0.2) is 9.97 Å². The van der Waals surface area contributed by atoms with Gasteiger partial charge in [0.05, 0.1) is 11.4 Å². The smallest absolute Gasteiger partial charge is 0.160 e. The first-order chi connectivity index (χ1) is 28.1. The van der Waals surface area contributed by atoms with E-state index in [0.29, 0.717) is 5.82 Å². The zero-order valence-electron chi connectivity index (χ0n) is 31.4. The van der Waals surface area contributed by atoms with Gasteiger partial charge in [-0.2, -0.15) is 0 Å². The second-order valence-corrected chi connectivity index (χ2v) is 15.0. The molecule has 0 amide bonds. The van der Waals surface area contributed by atoms with Crippen LogP contribution in [0.4, 0.5) is 0 Å². The summed E-state index contributed by atoms with van der Waals surface area (Å²) in [6.07, 6.45) is 0. The van der Waals surface area contributed by atoms with E-state index < -0.39 is 0 Å². The predicted octanol–water partition coefficient (Wildman–Crippen LogP) is 14.0. The van der Waals surface area contributed by atoms with Crippen LogP contribution >= 0.6 is 0 Å². The third-order valence-electron chi connectivity index (χ3n) is 11.8. The molecule has 3 nitrogen and oxygen atoms in total. The number of furan rings is 1. The van der Waals surface area contributed by atoms with Gasteiger partial charge in [0.25, 0.3) is 0 Å². The fourth-order valence-electron chi connectivity index (χ4n) is 9.04. The average Bonchev–Trinajstić information content (AvgIpc) is 3.80. The number of fused-ring (bicyclic) bond motifs is 6. The van der Waals surface area contributed by atoms with Crippen molar-refractivity contribution >= 4 is 21.9 Å². The summed E-state index contributed by atoms with van der Waals surface area (Å²) >= 11 is 0. The Morgan fingerprint density at radius 1 is 0.404 bits per heavy atom. The van der Waals surface area contributed by atoms with E-state index >= 15 is 0 Å². The molecule has 8 aromatic carbocycles. The molecule has 10 aromatic rings. The number of aromatic nitrogens is 2. The molecular weight excluding hydrogens is 693 g/mol. The minimum atomic E-state index is -0.319. The molecule has 2 heterocycles. The molecule has 1 aliphatic rings. The molecule has 0 spiro atoms. The van der Waals surface area contributed by atoms with Gasteiger partial charge in [-0.25, -0.2) is 9.97 Å². The Bertz CT molecular complexity index is 3140. The Morgan fingerprint density at radius 2 is 0.930 bits per heavy atom. The Kier molecular flexibility index (Phi) is 7.61. The van der Waals surface area contributed by atoms with Gasteiger partial charge in [0, 0.05) is 38.4 Å². The highest BCUT2D eigenvalue weighted by Crippen LogP contribution is 2.55. The summed E-state index contributed by atoms with van der Waals surface area (Å²) in [5, 5.41) is 2.23. The molecule has 57 heavy (non-hydrogen) atoms. The molecule has 2 aromatic heterocycles. The molecule has 0 saturated heterocycles. The van der Waals surface area contributed by atoms with Crippen LogP contribution < -0.4 is 0 Å². The van der Waals surface area contributed by atoms with Crippen molar-refractivity contribution in [2.75, 3.05) is 0 Å². The first-order valence-corrected chi connectivity index (χ1v) is 19.5. The molecule has 268 valence electrons. The summed E-state index contributed by atoms with van der Waals surface area (Å²) in [5.74, 6) is 0.686. The lowest BCUT2D eigenvalue weighted by Crippen LogP contribution is -2.23.